The van der Waals surface area contributed by atoms with Crippen molar-refractivity contribution in [2.75, 3.05) is 13.1 Å². The lowest BCUT2D eigenvalue weighted by atomic mass is 9.99. The quantitative estimate of drug-likeness (QED) is 0.794. The molecule has 1 N–H and O–H groups in total. The molecule has 1 aromatic heterocycles. The van der Waals surface area contributed by atoms with Crippen molar-refractivity contribution >= 4 is 11.9 Å². The number of nitrogens with zero attached hydrogens (tertiary/aromatic N) is 3. The predicted molar refractivity (Wildman–Crippen MR) is 58.5 cm³/mol. The molecule has 1 fully saturated rings. The van der Waals surface area contributed by atoms with Crippen molar-refractivity contribution in [3.05, 3.63) is 23.0 Å². The van der Waals surface area contributed by atoms with Gasteiger partial charge in [0.25, 0.3) is 5.91 Å². The van der Waals surface area contributed by atoms with Gasteiger partial charge in [0, 0.05) is 13.1 Å². The Kier molecular flexibility index (Phi) is 2.79. The highest BCUT2D eigenvalue weighted by atomic mass is 16.4. The number of carboxylic acids is 1. The first-order valence-corrected chi connectivity index (χ1v) is 5.32. The monoisotopic (exact) mass is 235 g/mol. The first-order valence-electron chi connectivity index (χ1n) is 5.32. The van der Waals surface area contributed by atoms with Crippen LogP contribution in [0.3, 0.4) is 0 Å². The summed E-state index contributed by atoms with van der Waals surface area (Å²) in [5.74, 6) is -1.46. The van der Waals surface area contributed by atoms with Crippen LogP contribution in [0, 0.1) is 19.8 Å². The Bertz CT molecular complexity index is 481. The first-order chi connectivity index (χ1) is 7.99. The smallest absolute Gasteiger partial charge is 0.310 e. The Hall–Kier alpha value is -1.98. The largest absolute Gasteiger partial charge is 0.481 e. The molecule has 1 saturated heterocycles. The van der Waals surface area contributed by atoms with Crippen molar-refractivity contribution in [3.8, 4) is 0 Å². The van der Waals surface area contributed by atoms with E-state index in [2.05, 4.69) is 10.2 Å². The summed E-state index contributed by atoms with van der Waals surface area (Å²) in [4.78, 5) is 24.2. The van der Waals surface area contributed by atoms with Crippen molar-refractivity contribution in [1.29, 1.82) is 0 Å². The van der Waals surface area contributed by atoms with Gasteiger partial charge in [-0.25, -0.2) is 0 Å². The molecule has 0 unspecified atom stereocenters. The number of aryl methyl sites for hydroxylation is 2. The molecule has 0 aromatic carbocycles. The fourth-order valence-electron chi connectivity index (χ4n) is 1.74. The second-order valence-electron chi connectivity index (χ2n) is 4.23. The van der Waals surface area contributed by atoms with Gasteiger partial charge in [0.05, 0.1) is 22.9 Å². The van der Waals surface area contributed by atoms with Crippen molar-refractivity contribution in [3.63, 3.8) is 0 Å². The van der Waals surface area contributed by atoms with Gasteiger partial charge in [0.2, 0.25) is 0 Å². The summed E-state index contributed by atoms with van der Waals surface area (Å²) in [6.45, 7) is 4.03. The molecule has 0 spiro atoms. The number of aliphatic carboxylic acids is 1. The summed E-state index contributed by atoms with van der Waals surface area (Å²) >= 11 is 0. The number of aromatic nitrogens is 2. The average molecular weight is 235 g/mol. The van der Waals surface area contributed by atoms with Crippen LogP contribution in [0.2, 0.25) is 0 Å². The molecular weight excluding hydrogens is 222 g/mol. The van der Waals surface area contributed by atoms with E-state index in [0.717, 1.165) is 0 Å². The number of carbonyl (C=O) groups excluding carboxylic acids is 1. The van der Waals surface area contributed by atoms with E-state index in [1.165, 1.54) is 4.90 Å². The fraction of sp³-hybridized carbons (Fsp3) is 0.455. The Morgan fingerprint density at radius 3 is 2.59 bits per heavy atom. The van der Waals surface area contributed by atoms with E-state index in [4.69, 9.17) is 5.11 Å². The number of rotatable bonds is 2. The average Bonchev–Trinajstić information content (AvgIpc) is 2.18. The number of carboxylic acid groups (broad SMARTS) is 1. The summed E-state index contributed by atoms with van der Waals surface area (Å²) < 4.78 is 0. The van der Waals surface area contributed by atoms with Crippen LogP contribution in [0.1, 0.15) is 21.7 Å². The SMILES string of the molecule is Cc1cc(C(=O)N2CC(C(=O)O)C2)c(C)nn1. The Labute approximate surface area is 98.3 Å². The molecule has 1 amide bonds. The second kappa shape index (κ2) is 4.12. The molecule has 6 heteroatoms. The second-order valence-corrected chi connectivity index (χ2v) is 4.23. The van der Waals surface area contributed by atoms with Crippen LogP contribution in [0.25, 0.3) is 0 Å². The van der Waals surface area contributed by atoms with Crippen LogP contribution in [0.5, 0.6) is 0 Å². The molecule has 17 heavy (non-hydrogen) atoms. The normalized spacial score (nSPS) is 15.5. The Morgan fingerprint density at radius 2 is 2.00 bits per heavy atom. The van der Waals surface area contributed by atoms with Gasteiger partial charge in [0.15, 0.2) is 0 Å². The van der Waals surface area contributed by atoms with Gasteiger partial charge in [-0.2, -0.15) is 10.2 Å². The summed E-state index contributed by atoms with van der Waals surface area (Å²) in [5.41, 5.74) is 1.75. The van der Waals surface area contributed by atoms with E-state index in [0.29, 0.717) is 17.0 Å². The van der Waals surface area contributed by atoms with Crippen LogP contribution in [-0.4, -0.2) is 45.2 Å². The van der Waals surface area contributed by atoms with Crippen LogP contribution in [0.4, 0.5) is 0 Å². The number of hydrogen-bond acceptors (Lipinski definition) is 4. The van der Waals surface area contributed by atoms with Crippen LogP contribution < -0.4 is 0 Å². The lowest BCUT2D eigenvalue weighted by Gasteiger charge is -2.36. The number of likely N-dealkylation sites (tertiary alicyclic amines) is 1. The molecule has 0 saturated carbocycles. The Balaban J connectivity index is 2.11. The fourth-order valence-corrected chi connectivity index (χ4v) is 1.74. The highest BCUT2D eigenvalue weighted by Gasteiger charge is 2.36. The maximum absolute atomic E-state index is 12.0. The molecule has 0 aliphatic carbocycles. The molecule has 2 heterocycles. The summed E-state index contributed by atoms with van der Waals surface area (Å²) in [5, 5.41) is 16.5. The van der Waals surface area contributed by atoms with Gasteiger partial charge in [-0.05, 0) is 19.9 Å². The van der Waals surface area contributed by atoms with E-state index >= 15 is 0 Å². The first kappa shape index (κ1) is 11.5. The van der Waals surface area contributed by atoms with Gasteiger partial charge in [-0.15, -0.1) is 0 Å². The highest BCUT2D eigenvalue weighted by molar-refractivity contribution is 5.96. The van der Waals surface area contributed by atoms with Crippen LogP contribution >= 0.6 is 0 Å². The maximum atomic E-state index is 12.0. The standard InChI is InChI=1S/C11H13N3O3/c1-6-3-9(7(2)13-12-6)10(15)14-4-8(5-14)11(16)17/h3,8H,4-5H2,1-2H3,(H,16,17). The molecular formula is C11H13N3O3. The molecule has 1 aliphatic rings. The minimum atomic E-state index is -0.852. The van der Waals surface area contributed by atoms with E-state index in [-0.39, 0.29) is 19.0 Å². The van der Waals surface area contributed by atoms with Crippen LogP contribution in [-0.2, 0) is 4.79 Å². The molecule has 1 aliphatic heterocycles. The molecule has 0 atom stereocenters. The van der Waals surface area contributed by atoms with E-state index in [1.54, 1.807) is 19.9 Å². The zero-order chi connectivity index (χ0) is 12.6. The lowest BCUT2D eigenvalue weighted by molar-refractivity contribution is -0.146. The van der Waals surface area contributed by atoms with Crippen LogP contribution in [0.15, 0.2) is 6.07 Å². The van der Waals surface area contributed by atoms with Crippen molar-refractivity contribution < 1.29 is 14.7 Å². The minimum absolute atomic E-state index is 0.169. The van der Waals surface area contributed by atoms with Crippen molar-refractivity contribution in [2.24, 2.45) is 5.92 Å². The maximum Gasteiger partial charge on any atom is 0.310 e. The third-order valence-corrected chi connectivity index (χ3v) is 2.85. The lowest BCUT2D eigenvalue weighted by Crippen LogP contribution is -2.53. The number of carbonyl (C=O) groups is 2. The molecule has 2 rings (SSSR count). The summed E-state index contributed by atoms with van der Waals surface area (Å²) in [6, 6.07) is 1.68. The van der Waals surface area contributed by atoms with Crippen molar-refractivity contribution in [1.82, 2.24) is 15.1 Å². The van der Waals surface area contributed by atoms with E-state index < -0.39 is 11.9 Å². The predicted octanol–water partition coefficient (Wildman–Crippen LogP) is 0.250. The Morgan fingerprint density at radius 1 is 1.35 bits per heavy atom. The zero-order valence-electron chi connectivity index (χ0n) is 9.67. The van der Waals surface area contributed by atoms with Gasteiger partial charge < -0.3 is 10.0 Å². The summed E-state index contributed by atoms with van der Waals surface area (Å²) in [6.07, 6.45) is 0. The van der Waals surface area contributed by atoms with E-state index in [1.807, 2.05) is 0 Å². The molecule has 0 radical (unpaired) electrons. The van der Waals surface area contributed by atoms with Gasteiger partial charge in [-0.1, -0.05) is 0 Å². The zero-order valence-corrected chi connectivity index (χ0v) is 9.67. The van der Waals surface area contributed by atoms with Gasteiger partial charge in [0.1, 0.15) is 0 Å². The molecule has 0 bridgehead atoms. The topological polar surface area (TPSA) is 83.4 Å². The highest BCUT2D eigenvalue weighted by Crippen LogP contribution is 2.19. The third kappa shape index (κ3) is 2.11. The van der Waals surface area contributed by atoms with Gasteiger partial charge >= 0.3 is 5.97 Å². The summed E-state index contributed by atoms with van der Waals surface area (Å²) in [7, 11) is 0. The molecule has 1 aromatic rings. The minimum Gasteiger partial charge on any atom is -0.481 e. The van der Waals surface area contributed by atoms with Gasteiger partial charge in [-0.3, -0.25) is 9.59 Å². The van der Waals surface area contributed by atoms with E-state index in [9.17, 15) is 9.59 Å². The third-order valence-electron chi connectivity index (χ3n) is 2.85. The number of hydrogen-bond donors (Lipinski definition) is 1. The molecule has 90 valence electrons. The molecule has 6 nitrogen and oxygen atoms in total. The van der Waals surface area contributed by atoms with Crippen molar-refractivity contribution in [2.45, 2.75) is 13.8 Å². The number of amides is 1.